The van der Waals surface area contributed by atoms with Gasteiger partial charge in [0, 0.05) is 18.3 Å². The van der Waals surface area contributed by atoms with Crippen LogP contribution >= 0.6 is 0 Å². The number of hydrogen-bond acceptors (Lipinski definition) is 4. The highest BCUT2D eigenvalue weighted by Gasteiger charge is 2.28. The van der Waals surface area contributed by atoms with Gasteiger partial charge in [-0.15, -0.1) is 0 Å². The summed E-state index contributed by atoms with van der Waals surface area (Å²) in [6, 6.07) is 0. The normalized spacial score (nSPS) is 20.3. The Morgan fingerprint density at radius 3 is 2.31 bits per heavy atom. The van der Waals surface area contributed by atoms with Gasteiger partial charge < -0.3 is 8.85 Å². The maximum atomic E-state index is 12.4. The summed E-state index contributed by atoms with van der Waals surface area (Å²) in [5.41, 5.74) is 0. The van der Waals surface area contributed by atoms with Crippen molar-refractivity contribution in [2.24, 2.45) is 11.8 Å². The number of ketones is 1. The van der Waals surface area contributed by atoms with E-state index in [0.717, 1.165) is 38.5 Å². The van der Waals surface area contributed by atoms with Gasteiger partial charge in [0.2, 0.25) is 8.32 Å². The Hall–Kier alpha value is -0.986. The van der Waals surface area contributed by atoms with Crippen molar-refractivity contribution in [3.63, 3.8) is 0 Å². The first-order chi connectivity index (χ1) is 14.9. The van der Waals surface area contributed by atoms with E-state index in [2.05, 4.69) is 44.8 Å². The molecule has 0 aromatic carbocycles. The van der Waals surface area contributed by atoms with Gasteiger partial charge in [0.15, 0.2) is 14.1 Å². The number of hydrogen-bond donors (Lipinski definition) is 0. The van der Waals surface area contributed by atoms with Crippen molar-refractivity contribution in [2.45, 2.75) is 117 Å². The molecule has 0 spiro atoms. The Bertz CT molecular complexity index is 629. The van der Waals surface area contributed by atoms with Crippen LogP contribution in [0.15, 0.2) is 24.3 Å². The third-order valence-electron chi connectivity index (χ3n) is 5.52. The molecule has 184 valence electrons. The number of carbonyl (C=O) groups is 2. The largest absolute Gasteiger partial charge is 0.520 e. The Morgan fingerprint density at radius 1 is 1.00 bits per heavy atom. The first-order valence-corrected chi connectivity index (χ1v) is 19.5. The predicted molar refractivity (Wildman–Crippen MR) is 140 cm³/mol. The van der Waals surface area contributed by atoms with E-state index in [1.54, 1.807) is 6.08 Å². The highest BCUT2D eigenvalue weighted by Crippen LogP contribution is 2.29. The molecule has 1 unspecified atom stereocenters. The predicted octanol–water partition coefficient (Wildman–Crippen LogP) is 7.43. The summed E-state index contributed by atoms with van der Waals surface area (Å²) in [5, 5.41) is 0. The van der Waals surface area contributed by atoms with Crippen molar-refractivity contribution in [1.29, 1.82) is 0 Å². The Kier molecular flexibility index (Phi) is 13.0. The van der Waals surface area contributed by atoms with E-state index in [0.29, 0.717) is 6.42 Å². The lowest BCUT2D eigenvalue weighted by Gasteiger charge is -2.25. The smallest absolute Gasteiger partial charge is 0.292 e. The third-order valence-corrected chi connectivity index (χ3v) is 7.37. The summed E-state index contributed by atoms with van der Waals surface area (Å²) in [4.78, 5) is 24.2. The fraction of sp³-hybridized carbons (Fsp3) is 0.769. The molecule has 0 heterocycles. The van der Waals surface area contributed by atoms with Crippen molar-refractivity contribution >= 4 is 28.4 Å². The maximum Gasteiger partial charge on any atom is 0.292 e. The van der Waals surface area contributed by atoms with Gasteiger partial charge in [-0.1, -0.05) is 63.7 Å². The fourth-order valence-electron chi connectivity index (χ4n) is 4.06. The molecule has 0 N–H and O–H groups in total. The van der Waals surface area contributed by atoms with Gasteiger partial charge in [0.25, 0.3) is 5.97 Å². The molecule has 4 nitrogen and oxygen atoms in total. The topological polar surface area (TPSA) is 52.6 Å². The standard InChI is InChI=1S/C26H48O4Si2/c1-8-9-12-15-23(29-31(2,3)4)20-18-22-19-21-25(27)24(22)16-13-10-11-14-17-26(28)30-32(5,6)7/h18-24H,8-17H2,1-7H3/b20-18+/t22-,23?,24+/m0/s1. The monoisotopic (exact) mass is 480 g/mol. The zero-order valence-corrected chi connectivity index (χ0v) is 23.7. The summed E-state index contributed by atoms with van der Waals surface area (Å²) in [5.74, 6) is 0.449. The van der Waals surface area contributed by atoms with Crippen molar-refractivity contribution in [2.75, 3.05) is 0 Å². The summed E-state index contributed by atoms with van der Waals surface area (Å²) in [7, 11) is -3.39. The van der Waals surface area contributed by atoms with Crippen molar-refractivity contribution in [1.82, 2.24) is 0 Å². The summed E-state index contributed by atoms with van der Waals surface area (Å²) in [6.45, 7) is 15.0. The van der Waals surface area contributed by atoms with Gasteiger partial charge in [-0.05, 0) is 64.6 Å². The molecular formula is C26H48O4Si2. The number of carbonyl (C=O) groups excluding carboxylic acids is 2. The first kappa shape index (κ1) is 29.0. The molecule has 0 aromatic rings. The van der Waals surface area contributed by atoms with Gasteiger partial charge in [-0.2, -0.15) is 0 Å². The van der Waals surface area contributed by atoms with Crippen molar-refractivity contribution < 1.29 is 18.4 Å². The molecule has 1 aliphatic rings. The van der Waals surface area contributed by atoms with E-state index < -0.39 is 16.6 Å². The molecule has 1 aliphatic carbocycles. The van der Waals surface area contributed by atoms with Gasteiger partial charge in [0.05, 0.1) is 6.10 Å². The van der Waals surface area contributed by atoms with E-state index in [-0.39, 0.29) is 29.7 Å². The minimum atomic E-state index is -1.78. The molecule has 1 rings (SSSR count). The van der Waals surface area contributed by atoms with E-state index >= 15 is 0 Å². The van der Waals surface area contributed by atoms with E-state index in [1.807, 2.05) is 19.6 Å². The van der Waals surface area contributed by atoms with Crippen LogP contribution in [0.5, 0.6) is 0 Å². The second-order valence-electron chi connectivity index (χ2n) is 11.1. The molecule has 3 atom stereocenters. The number of allylic oxidation sites excluding steroid dienone is 3. The molecule has 32 heavy (non-hydrogen) atoms. The summed E-state index contributed by atoms with van der Waals surface area (Å²) < 4.78 is 11.9. The van der Waals surface area contributed by atoms with E-state index in [9.17, 15) is 9.59 Å². The highest BCUT2D eigenvalue weighted by atomic mass is 28.4. The lowest BCUT2D eigenvalue weighted by Crippen LogP contribution is -2.31. The Morgan fingerprint density at radius 2 is 1.69 bits per heavy atom. The molecule has 6 heteroatoms. The fourth-order valence-corrected chi connectivity index (χ4v) is 5.95. The Balaban J connectivity index is 2.45. The number of rotatable bonds is 16. The van der Waals surface area contributed by atoms with Crippen LogP contribution in [-0.2, 0) is 18.4 Å². The molecular weight excluding hydrogens is 432 g/mol. The Labute approximate surface area is 199 Å². The second-order valence-corrected chi connectivity index (χ2v) is 20.0. The third kappa shape index (κ3) is 13.5. The van der Waals surface area contributed by atoms with Crippen molar-refractivity contribution in [3.05, 3.63) is 24.3 Å². The van der Waals surface area contributed by atoms with E-state index in [4.69, 9.17) is 8.85 Å². The summed E-state index contributed by atoms with van der Waals surface area (Å²) >= 11 is 0. The lowest BCUT2D eigenvalue weighted by atomic mass is 9.88. The maximum absolute atomic E-state index is 12.4. The molecule has 0 saturated carbocycles. The molecule has 0 aromatic heterocycles. The van der Waals surface area contributed by atoms with Crippen LogP contribution in [0.4, 0.5) is 0 Å². The van der Waals surface area contributed by atoms with Crippen LogP contribution in [0.3, 0.4) is 0 Å². The van der Waals surface area contributed by atoms with Crippen LogP contribution in [0.25, 0.3) is 0 Å². The van der Waals surface area contributed by atoms with E-state index in [1.165, 1.54) is 19.3 Å². The molecule has 0 fully saturated rings. The number of unbranched alkanes of at least 4 members (excludes halogenated alkanes) is 5. The summed E-state index contributed by atoms with van der Waals surface area (Å²) in [6.07, 6.45) is 18.5. The van der Waals surface area contributed by atoms with Crippen LogP contribution < -0.4 is 0 Å². The average Bonchev–Trinajstić information content (AvgIpc) is 3.00. The van der Waals surface area contributed by atoms with Gasteiger partial charge in [-0.3, -0.25) is 9.59 Å². The van der Waals surface area contributed by atoms with Crippen LogP contribution in [0.1, 0.15) is 71.1 Å². The molecule has 0 radical (unpaired) electrons. The van der Waals surface area contributed by atoms with Gasteiger partial charge in [0.1, 0.15) is 0 Å². The SMILES string of the molecule is CCCCCC(/C=C/[C@H]1C=CC(=O)[C@@H]1CCCCCCC(=O)O[Si](C)(C)C)O[Si](C)(C)C. The molecule has 0 aliphatic heterocycles. The zero-order chi connectivity index (χ0) is 24.2. The average molecular weight is 481 g/mol. The lowest BCUT2D eigenvalue weighted by molar-refractivity contribution is -0.135. The van der Waals surface area contributed by atoms with Gasteiger partial charge in [-0.25, -0.2) is 0 Å². The zero-order valence-electron chi connectivity index (χ0n) is 21.7. The van der Waals surface area contributed by atoms with Crippen molar-refractivity contribution in [3.8, 4) is 0 Å². The first-order valence-electron chi connectivity index (χ1n) is 12.7. The molecule has 0 amide bonds. The quantitative estimate of drug-likeness (QED) is 0.131. The minimum Gasteiger partial charge on any atom is -0.520 e. The second kappa shape index (κ2) is 14.3. The van der Waals surface area contributed by atoms with Gasteiger partial charge >= 0.3 is 0 Å². The van der Waals surface area contributed by atoms with Crippen LogP contribution in [0, 0.1) is 11.8 Å². The van der Waals surface area contributed by atoms with Crippen LogP contribution in [-0.4, -0.2) is 34.5 Å². The molecule has 0 bridgehead atoms. The van der Waals surface area contributed by atoms with Crippen LogP contribution in [0.2, 0.25) is 39.3 Å². The minimum absolute atomic E-state index is 0.0569. The highest BCUT2D eigenvalue weighted by molar-refractivity contribution is 6.71. The molecule has 0 saturated heterocycles.